The summed E-state index contributed by atoms with van der Waals surface area (Å²) in [6, 6.07) is 3.99. The number of aryl methyl sites for hydroxylation is 1. The van der Waals surface area contributed by atoms with Gasteiger partial charge in [-0.1, -0.05) is 6.07 Å². The Morgan fingerprint density at radius 2 is 2.00 bits per heavy atom. The second kappa shape index (κ2) is 4.01. The molecule has 1 aliphatic carbocycles. The number of halogens is 1. The molecule has 1 aliphatic heterocycles. The van der Waals surface area contributed by atoms with Gasteiger partial charge in [0.1, 0.15) is 10.7 Å². The lowest BCUT2D eigenvalue weighted by Gasteiger charge is -2.10. The van der Waals surface area contributed by atoms with Crippen LogP contribution in [0, 0.1) is 24.6 Å². The molecule has 0 spiro atoms. The van der Waals surface area contributed by atoms with Gasteiger partial charge in [0.2, 0.25) is 10.0 Å². The number of ether oxygens (including phenoxy) is 1. The van der Waals surface area contributed by atoms with Crippen LogP contribution in [0.15, 0.2) is 23.1 Å². The summed E-state index contributed by atoms with van der Waals surface area (Å²) in [5, 5.41) is 0. The maximum absolute atomic E-state index is 13.6. The number of nitrogens with one attached hydrogen (secondary N) is 1. The van der Waals surface area contributed by atoms with Crippen LogP contribution >= 0.6 is 0 Å². The molecule has 0 bridgehead atoms. The van der Waals surface area contributed by atoms with E-state index < -0.39 is 15.8 Å². The molecule has 0 aromatic heterocycles. The van der Waals surface area contributed by atoms with Gasteiger partial charge < -0.3 is 4.74 Å². The molecule has 1 unspecified atom stereocenters. The first-order chi connectivity index (χ1) is 8.49. The van der Waals surface area contributed by atoms with E-state index in [1.54, 1.807) is 13.0 Å². The van der Waals surface area contributed by atoms with Gasteiger partial charge >= 0.3 is 0 Å². The van der Waals surface area contributed by atoms with Crippen molar-refractivity contribution < 1.29 is 17.5 Å². The van der Waals surface area contributed by atoms with E-state index in [1.807, 2.05) is 0 Å². The SMILES string of the molecule is Cc1ccc(F)c(S(=O)(=O)NC2[C@H]3COC[C@@H]23)c1. The molecule has 3 rings (SSSR count). The molecule has 4 nitrogen and oxygen atoms in total. The minimum Gasteiger partial charge on any atom is -0.381 e. The summed E-state index contributed by atoms with van der Waals surface area (Å²) in [5.41, 5.74) is 0.719. The lowest BCUT2D eigenvalue weighted by molar-refractivity contribution is 0.159. The molecule has 6 heteroatoms. The molecular weight excluding hydrogens is 257 g/mol. The lowest BCUT2D eigenvalue weighted by atomic mass is 10.2. The third kappa shape index (κ3) is 1.94. The van der Waals surface area contributed by atoms with E-state index in [-0.39, 0.29) is 22.8 Å². The number of rotatable bonds is 3. The summed E-state index contributed by atoms with van der Waals surface area (Å²) in [5.74, 6) is -0.199. The molecule has 1 saturated carbocycles. The topological polar surface area (TPSA) is 55.4 Å². The number of fused-ring (bicyclic) bond motifs is 1. The van der Waals surface area contributed by atoms with Crippen LogP contribution < -0.4 is 4.72 Å². The summed E-state index contributed by atoms with van der Waals surface area (Å²) in [6.07, 6.45) is 0. The van der Waals surface area contributed by atoms with Crippen LogP contribution in [-0.2, 0) is 14.8 Å². The number of hydrogen-bond donors (Lipinski definition) is 1. The second-order valence-corrected chi connectivity index (χ2v) is 6.63. The van der Waals surface area contributed by atoms with Crippen LogP contribution in [0.25, 0.3) is 0 Å². The number of benzene rings is 1. The maximum atomic E-state index is 13.6. The fraction of sp³-hybridized carbons (Fsp3) is 0.500. The van der Waals surface area contributed by atoms with Crippen molar-refractivity contribution in [2.45, 2.75) is 17.9 Å². The molecule has 3 atom stereocenters. The minimum absolute atomic E-state index is 0.0938. The molecule has 1 aromatic rings. The van der Waals surface area contributed by atoms with Crippen LogP contribution in [0.2, 0.25) is 0 Å². The minimum atomic E-state index is -3.77. The Morgan fingerprint density at radius 3 is 2.67 bits per heavy atom. The van der Waals surface area contributed by atoms with Crippen LogP contribution in [0.3, 0.4) is 0 Å². The van der Waals surface area contributed by atoms with Crippen molar-refractivity contribution in [3.8, 4) is 0 Å². The van der Waals surface area contributed by atoms with Crippen LogP contribution in [0.4, 0.5) is 4.39 Å². The average molecular weight is 271 g/mol. The van der Waals surface area contributed by atoms with Crippen molar-refractivity contribution in [2.24, 2.45) is 11.8 Å². The van der Waals surface area contributed by atoms with E-state index in [0.717, 1.165) is 5.56 Å². The fourth-order valence-corrected chi connectivity index (χ4v) is 3.97. The smallest absolute Gasteiger partial charge is 0.243 e. The lowest BCUT2D eigenvalue weighted by Crippen LogP contribution is -2.30. The quantitative estimate of drug-likeness (QED) is 0.894. The molecule has 1 heterocycles. The van der Waals surface area contributed by atoms with Gasteiger partial charge in [0, 0.05) is 17.9 Å². The van der Waals surface area contributed by atoms with Gasteiger partial charge in [0.25, 0.3) is 0 Å². The van der Waals surface area contributed by atoms with E-state index in [1.165, 1.54) is 12.1 Å². The van der Waals surface area contributed by atoms with E-state index >= 15 is 0 Å². The third-order valence-electron chi connectivity index (χ3n) is 3.62. The van der Waals surface area contributed by atoms with Crippen molar-refractivity contribution in [3.63, 3.8) is 0 Å². The van der Waals surface area contributed by atoms with E-state index in [2.05, 4.69) is 4.72 Å². The first-order valence-electron chi connectivity index (χ1n) is 5.85. The predicted octanol–water partition coefficient (Wildman–Crippen LogP) is 1.06. The predicted molar refractivity (Wildman–Crippen MR) is 63.0 cm³/mol. The molecule has 18 heavy (non-hydrogen) atoms. The normalized spacial score (nSPS) is 30.2. The van der Waals surface area contributed by atoms with Gasteiger partial charge in [-0.05, 0) is 24.6 Å². The first-order valence-corrected chi connectivity index (χ1v) is 7.33. The highest BCUT2D eigenvalue weighted by Crippen LogP contribution is 2.44. The molecule has 0 amide bonds. The van der Waals surface area contributed by atoms with Gasteiger partial charge in [-0.25, -0.2) is 17.5 Å². The largest absolute Gasteiger partial charge is 0.381 e. The second-order valence-electron chi connectivity index (χ2n) is 4.95. The summed E-state index contributed by atoms with van der Waals surface area (Å²) in [4.78, 5) is -0.270. The van der Waals surface area contributed by atoms with Crippen LogP contribution in [0.5, 0.6) is 0 Å². The summed E-state index contributed by atoms with van der Waals surface area (Å²) in [6.45, 7) is 2.92. The van der Waals surface area contributed by atoms with Crippen LogP contribution in [-0.4, -0.2) is 27.7 Å². The fourth-order valence-electron chi connectivity index (χ4n) is 2.47. The molecule has 2 aliphatic rings. The Balaban J connectivity index is 1.84. The number of hydrogen-bond acceptors (Lipinski definition) is 3. The Morgan fingerprint density at radius 1 is 1.33 bits per heavy atom. The van der Waals surface area contributed by atoms with Crippen LogP contribution in [0.1, 0.15) is 5.56 Å². The van der Waals surface area contributed by atoms with Gasteiger partial charge in [-0.3, -0.25) is 0 Å². The average Bonchev–Trinajstić information content (AvgIpc) is 2.77. The van der Waals surface area contributed by atoms with Crippen molar-refractivity contribution in [1.29, 1.82) is 0 Å². The highest BCUT2D eigenvalue weighted by molar-refractivity contribution is 7.89. The van der Waals surface area contributed by atoms with E-state index in [9.17, 15) is 12.8 Å². The van der Waals surface area contributed by atoms with E-state index in [0.29, 0.717) is 13.2 Å². The zero-order chi connectivity index (χ0) is 12.9. The van der Waals surface area contributed by atoms with Crippen molar-refractivity contribution >= 4 is 10.0 Å². The Kier molecular flexibility index (Phi) is 2.69. The van der Waals surface area contributed by atoms with Crippen molar-refractivity contribution in [3.05, 3.63) is 29.6 Å². The van der Waals surface area contributed by atoms with Gasteiger partial charge in [-0.15, -0.1) is 0 Å². The van der Waals surface area contributed by atoms with Crippen molar-refractivity contribution in [2.75, 3.05) is 13.2 Å². The highest BCUT2D eigenvalue weighted by Gasteiger charge is 2.55. The molecule has 1 N–H and O–H groups in total. The van der Waals surface area contributed by atoms with Crippen molar-refractivity contribution in [1.82, 2.24) is 4.72 Å². The van der Waals surface area contributed by atoms with Gasteiger partial charge in [0.15, 0.2) is 0 Å². The van der Waals surface area contributed by atoms with Gasteiger partial charge in [-0.2, -0.15) is 0 Å². The zero-order valence-corrected chi connectivity index (χ0v) is 10.7. The number of sulfonamides is 1. The Bertz CT molecular complexity index is 577. The summed E-state index contributed by atoms with van der Waals surface area (Å²) in [7, 11) is -3.77. The molecule has 98 valence electrons. The highest BCUT2D eigenvalue weighted by atomic mass is 32.2. The van der Waals surface area contributed by atoms with E-state index in [4.69, 9.17) is 4.74 Å². The molecule has 2 fully saturated rings. The molecule has 0 radical (unpaired) electrons. The molecule has 1 aromatic carbocycles. The monoisotopic (exact) mass is 271 g/mol. The Hall–Kier alpha value is -0.980. The maximum Gasteiger partial charge on any atom is 0.243 e. The third-order valence-corrected chi connectivity index (χ3v) is 5.09. The standard InChI is InChI=1S/C12H14FNO3S/c1-7-2-3-10(13)11(4-7)18(15,16)14-12-8-5-17-6-9(8)12/h2-4,8-9,12,14H,5-6H2,1H3/t8-,9+,12?. The zero-order valence-electron chi connectivity index (χ0n) is 9.89. The summed E-state index contributed by atoms with van der Waals surface area (Å²) < 4.78 is 45.5. The first kappa shape index (κ1) is 12.1. The molecule has 1 saturated heterocycles. The van der Waals surface area contributed by atoms with Gasteiger partial charge in [0.05, 0.1) is 13.2 Å². The summed E-state index contributed by atoms with van der Waals surface area (Å²) >= 11 is 0. The Labute approximate surface area is 105 Å². The molecular formula is C12H14FNO3S.